The summed E-state index contributed by atoms with van der Waals surface area (Å²) in [5, 5.41) is 0. The van der Waals surface area contributed by atoms with Crippen molar-refractivity contribution in [1.29, 1.82) is 0 Å². The van der Waals surface area contributed by atoms with Crippen LogP contribution in [0.1, 0.15) is 25.0 Å². The minimum atomic E-state index is 0.500. The Labute approximate surface area is 97.2 Å². The van der Waals surface area contributed by atoms with Crippen LogP contribution in [0.15, 0.2) is 29.3 Å². The molecule has 1 aromatic carbocycles. The highest BCUT2D eigenvalue weighted by Crippen LogP contribution is 2.03. The summed E-state index contributed by atoms with van der Waals surface area (Å²) in [6.45, 7) is 5.78. The number of aliphatic imine (C=N–C) groups is 1. The van der Waals surface area contributed by atoms with Gasteiger partial charge in [-0.2, -0.15) is 0 Å². The molecule has 0 spiro atoms. The van der Waals surface area contributed by atoms with E-state index in [1.165, 1.54) is 11.1 Å². The molecule has 0 aromatic heterocycles. The molecule has 2 nitrogen and oxygen atoms in total. The third-order valence-corrected chi connectivity index (χ3v) is 1.80. The maximum Gasteiger partial charge on any atom is 0.0695 e. The molecule has 1 rings (SSSR count). The molecule has 2 N–H and O–H groups in total. The van der Waals surface area contributed by atoms with Crippen molar-refractivity contribution in [1.82, 2.24) is 0 Å². The van der Waals surface area contributed by atoms with Crippen LogP contribution in [-0.4, -0.2) is 17.7 Å². The maximum absolute atomic E-state index is 4.84. The van der Waals surface area contributed by atoms with Crippen LogP contribution in [-0.2, 0) is 0 Å². The number of hydrogen-bond acceptors (Lipinski definition) is 2. The van der Waals surface area contributed by atoms with E-state index >= 15 is 0 Å². The first-order valence-electron chi connectivity index (χ1n) is 4.73. The lowest BCUT2D eigenvalue weighted by Crippen LogP contribution is -1.98. The predicted octanol–water partition coefficient (Wildman–Crippen LogP) is 2.73. The standard InChI is InChI=1S/C10H13N.C2H5NS/c1-8-4-6-10(7-5-8)9(2)11-3;1-2(3)4/h4-7H,1-3H3;1H3,(H2,3,4). The maximum atomic E-state index is 4.84. The Kier molecular flexibility index (Phi) is 6.54. The second-order valence-electron chi connectivity index (χ2n) is 3.29. The second-order valence-corrected chi connectivity index (χ2v) is 3.93. The fourth-order valence-corrected chi connectivity index (χ4v) is 0.924. The van der Waals surface area contributed by atoms with Crippen molar-refractivity contribution in [3.05, 3.63) is 35.4 Å². The average Bonchev–Trinajstić information content (AvgIpc) is 2.17. The number of nitrogens with zero attached hydrogens (tertiary/aromatic N) is 1. The van der Waals surface area contributed by atoms with Gasteiger partial charge in [-0.25, -0.2) is 0 Å². The Morgan fingerprint density at radius 2 is 1.60 bits per heavy atom. The van der Waals surface area contributed by atoms with Gasteiger partial charge in [-0.3, -0.25) is 4.99 Å². The van der Waals surface area contributed by atoms with E-state index < -0.39 is 0 Å². The molecule has 0 aliphatic heterocycles. The van der Waals surface area contributed by atoms with Gasteiger partial charge in [-0.1, -0.05) is 42.0 Å². The quantitative estimate of drug-likeness (QED) is 0.586. The number of aryl methyl sites for hydroxylation is 1. The first-order valence-corrected chi connectivity index (χ1v) is 5.14. The molecular formula is C12H18N2S. The number of thiocarbonyl (C=S) groups is 1. The Balaban J connectivity index is 0.000000423. The van der Waals surface area contributed by atoms with E-state index in [9.17, 15) is 0 Å². The zero-order valence-electron chi connectivity index (χ0n) is 9.74. The van der Waals surface area contributed by atoms with Gasteiger partial charge in [0.25, 0.3) is 0 Å². The van der Waals surface area contributed by atoms with Crippen molar-refractivity contribution in [2.45, 2.75) is 20.8 Å². The monoisotopic (exact) mass is 222 g/mol. The predicted molar refractivity (Wildman–Crippen MR) is 71.8 cm³/mol. The topological polar surface area (TPSA) is 38.4 Å². The molecule has 0 unspecified atom stereocenters. The SMILES string of the molecule is CC(N)=S.CN=C(C)c1ccc(C)cc1. The van der Waals surface area contributed by atoms with E-state index in [2.05, 4.69) is 48.4 Å². The summed E-state index contributed by atoms with van der Waals surface area (Å²) in [6.07, 6.45) is 0. The molecule has 0 fully saturated rings. The van der Waals surface area contributed by atoms with Crippen LogP contribution < -0.4 is 5.73 Å². The van der Waals surface area contributed by atoms with Crippen molar-refractivity contribution in [3.63, 3.8) is 0 Å². The summed E-state index contributed by atoms with van der Waals surface area (Å²) in [6, 6.07) is 8.39. The molecule has 82 valence electrons. The molecular weight excluding hydrogens is 204 g/mol. The Hall–Kier alpha value is -1.22. The van der Waals surface area contributed by atoms with Crippen LogP contribution >= 0.6 is 12.2 Å². The fourth-order valence-electron chi connectivity index (χ4n) is 0.924. The molecule has 3 heteroatoms. The van der Waals surface area contributed by atoms with Crippen molar-refractivity contribution < 1.29 is 0 Å². The van der Waals surface area contributed by atoms with E-state index in [0.29, 0.717) is 4.99 Å². The van der Waals surface area contributed by atoms with Gasteiger partial charge in [0.15, 0.2) is 0 Å². The van der Waals surface area contributed by atoms with Gasteiger partial charge in [0, 0.05) is 12.8 Å². The van der Waals surface area contributed by atoms with Crippen molar-refractivity contribution in [2.24, 2.45) is 10.7 Å². The van der Waals surface area contributed by atoms with Crippen LogP contribution in [0.5, 0.6) is 0 Å². The first kappa shape index (κ1) is 13.8. The van der Waals surface area contributed by atoms with Gasteiger partial charge in [0.1, 0.15) is 0 Å². The van der Waals surface area contributed by atoms with Gasteiger partial charge < -0.3 is 5.73 Å². The summed E-state index contributed by atoms with van der Waals surface area (Å²) in [7, 11) is 1.81. The summed E-state index contributed by atoms with van der Waals surface area (Å²) in [5.41, 5.74) is 8.43. The molecule has 15 heavy (non-hydrogen) atoms. The highest BCUT2D eigenvalue weighted by atomic mass is 32.1. The number of hydrogen-bond donors (Lipinski definition) is 1. The highest BCUT2D eigenvalue weighted by molar-refractivity contribution is 7.80. The normalized spacial score (nSPS) is 10.3. The van der Waals surface area contributed by atoms with Gasteiger partial charge in [0.2, 0.25) is 0 Å². The molecule has 0 aliphatic carbocycles. The van der Waals surface area contributed by atoms with E-state index in [-0.39, 0.29) is 0 Å². The van der Waals surface area contributed by atoms with E-state index in [1.54, 1.807) is 6.92 Å². The molecule has 0 saturated heterocycles. The molecule has 0 atom stereocenters. The minimum absolute atomic E-state index is 0.500. The summed E-state index contributed by atoms with van der Waals surface area (Å²) in [5.74, 6) is 0. The summed E-state index contributed by atoms with van der Waals surface area (Å²) < 4.78 is 0. The van der Waals surface area contributed by atoms with Crippen LogP contribution in [0.2, 0.25) is 0 Å². The summed E-state index contributed by atoms with van der Waals surface area (Å²) in [4.78, 5) is 4.61. The number of benzene rings is 1. The molecule has 1 aromatic rings. The van der Waals surface area contributed by atoms with Crippen LogP contribution in [0.25, 0.3) is 0 Å². The van der Waals surface area contributed by atoms with Crippen LogP contribution in [0.4, 0.5) is 0 Å². The van der Waals surface area contributed by atoms with Crippen molar-refractivity contribution in [2.75, 3.05) is 7.05 Å². The minimum Gasteiger partial charge on any atom is -0.394 e. The molecule has 0 aliphatic rings. The number of rotatable bonds is 1. The van der Waals surface area contributed by atoms with E-state index in [1.807, 2.05) is 14.0 Å². The van der Waals surface area contributed by atoms with Crippen LogP contribution in [0.3, 0.4) is 0 Å². The molecule has 0 radical (unpaired) electrons. The first-order chi connectivity index (χ1) is 6.97. The van der Waals surface area contributed by atoms with E-state index in [4.69, 9.17) is 5.73 Å². The highest BCUT2D eigenvalue weighted by Gasteiger charge is 1.93. The van der Waals surface area contributed by atoms with Gasteiger partial charge in [-0.15, -0.1) is 0 Å². The zero-order chi connectivity index (χ0) is 11.8. The van der Waals surface area contributed by atoms with Crippen molar-refractivity contribution in [3.8, 4) is 0 Å². The lowest BCUT2D eigenvalue weighted by atomic mass is 10.1. The van der Waals surface area contributed by atoms with Gasteiger partial charge in [-0.05, 0) is 26.3 Å². The summed E-state index contributed by atoms with van der Waals surface area (Å²) >= 11 is 4.31. The largest absolute Gasteiger partial charge is 0.394 e. The Morgan fingerprint density at radius 3 is 1.93 bits per heavy atom. The third kappa shape index (κ3) is 6.80. The molecule has 0 saturated carbocycles. The van der Waals surface area contributed by atoms with Gasteiger partial charge >= 0.3 is 0 Å². The third-order valence-electron chi connectivity index (χ3n) is 1.80. The Morgan fingerprint density at radius 1 is 1.20 bits per heavy atom. The molecule has 0 heterocycles. The zero-order valence-corrected chi connectivity index (χ0v) is 10.6. The lowest BCUT2D eigenvalue weighted by Gasteiger charge is -1.98. The van der Waals surface area contributed by atoms with Crippen LogP contribution in [0, 0.1) is 6.92 Å². The Bertz CT molecular complexity index is 335. The second kappa shape index (κ2) is 7.12. The average molecular weight is 222 g/mol. The smallest absolute Gasteiger partial charge is 0.0695 e. The van der Waals surface area contributed by atoms with E-state index in [0.717, 1.165) is 5.71 Å². The fraction of sp³-hybridized carbons (Fsp3) is 0.333. The lowest BCUT2D eigenvalue weighted by molar-refractivity contribution is 1.39. The van der Waals surface area contributed by atoms with Crippen molar-refractivity contribution >= 4 is 22.9 Å². The molecule has 0 amide bonds. The van der Waals surface area contributed by atoms with Gasteiger partial charge in [0.05, 0.1) is 4.99 Å². The number of nitrogens with two attached hydrogens (primary N) is 1. The molecule has 0 bridgehead atoms.